The van der Waals surface area contributed by atoms with Crippen molar-refractivity contribution in [3.63, 3.8) is 0 Å². The zero-order valence-corrected chi connectivity index (χ0v) is 13.7. The Morgan fingerprint density at radius 1 is 1.15 bits per heavy atom. The van der Waals surface area contributed by atoms with Crippen molar-refractivity contribution in [3.05, 3.63) is 33.8 Å². The van der Waals surface area contributed by atoms with Gasteiger partial charge in [-0.2, -0.15) is 0 Å². The zero-order chi connectivity index (χ0) is 15.0. The van der Waals surface area contributed by atoms with E-state index in [0.717, 1.165) is 34.9 Å². The fourth-order valence-corrected chi connectivity index (χ4v) is 2.25. The molecule has 3 nitrogen and oxygen atoms in total. The molecular formula is C16H21BrO3. The van der Waals surface area contributed by atoms with Crippen LogP contribution in [-0.4, -0.2) is 18.4 Å². The summed E-state index contributed by atoms with van der Waals surface area (Å²) in [5, 5.41) is 0. The molecule has 0 bridgehead atoms. The topological polar surface area (TPSA) is 43.4 Å². The molecule has 1 rings (SSSR count). The molecule has 0 saturated carbocycles. The van der Waals surface area contributed by atoms with Gasteiger partial charge in [0.15, 0.2) is 5.78 Å². The lowest BCUT2D eigenvalue weighted by atomic mass is 10.0. The standard InChI is InChI=1S/C16H21BrO3/c1-3-20-16(19)8-6-4-5-7-15(18)13-10-9-12(2)14(17)11-13/h9-11H,3-8H2,1-2H3. The maximum atomic E-state index is 12.0. The Hall–Kier alpha value is -1.16. The minimum Gasteiger partial charge on any atom is -0.466 e. The second-order valence-electron chi connectivity index (χ2n) is 4.75. The first-order valence-electron chi connectivity index (χ1n) is 6.99. The van der Waals surface area contributed by atoms with Crippen LogP contribution in [0.3, 0.4) is 0 Å². The van der Waals surface area contributed by atoms with Crippen molar-refractivity contribution in [2.45, 2.75) is 46.0 Å². The molecule has 0 radical (unpaired) electrons. The average molecular weight is 341 g/mol. The predicted molar refractivity (Wildman–Crippen MR) is 82.9 cm³/mol. The summed E-state index contributed by atoms with van der Waals surface area (Å²) in [5.41, 5.74) is 1.86. The largest absolute Gasteiger partial charge is 0.466 e. The number of rotatable bonds is 8. The fraction of sp³-hybridized carbons (Fsp3) is 0.500. The average Bonchev–Trinajstić information content (AvgIpc) is 2.41. The van der Waals surface area contributed by atoms with E-state index in [9.17, 15) is 9.59 Å². The first-order chi connectivity index (χ1) is 9.54. The molecule has 0 unspecified atom stereocenters. The van der Waals surface area contributed by atoms with Crippen LogP contribution in [0.15, 0.2) is 22.7 Å². The van der Waals surface area contributed by atoms with Gasteiger partial charge in [-0.1, -0.05) is 34.5 Å². The monoisotopic (exact) mass is 340 g/mol. The number of unbranched alkanes of at least 4 members (excludes halogenated alkanes) is 2. The van der Waals surface area contributed by atoms with Crippen LogP contribution in [0.4, 0.5) is 0 Å². The number of ketones is 1. The first-order valence-corrected chi connectivity index (χ1v) is 7.79. The number of aryl methyl sites for hydroxylation is 1. The normalized spacial score (nSPS) is 10.3. The molecule has 0 atom stereocenters. The summed E-state index contributed by atoms with van der Waals surface area (Å²) in [6.45, 7) is 4.23. The van der Waals surface area contributed by atoms with Gasteiger partial charge in [-0.25, -0.2) is 0 Å². The molecule has 1 aromatic rings. The van der Waals surface area contributed by atoms with Crippen LogP contribution in [0.5, 0.6) is 0 Å². The molecular weight excluding hydrogens is 320 g/mol. The van der Waals surface area contributed by atoms with Crippen LogP contribution in [0.2, 0.25) is 0 Å². The maximum absolute atomic E-state index is 12.0. The molecule has 1 aromatic carbocycles. The number of hydrogen-bond acceptors (Lipinski definition) is 3. The lowest BCUT2D eigenvalue weighted by molar-refractivity contribution is -0.143. The van der Waals surface area contributed by atoms with E-state index in [1.807, 2.05) is 25.1 Å². The quantitative estimate of drug-likeness (QED) is 0.398. The van der Waals surface area contributed by atoms with Gasteiger partial charge < -0.3 is 4.74 Å². The van der Waals surface area contributed by atoms with Crippen LogP contribution in [-0.2, 0) is 9.53 Å². The van der Waals surface area contributed by atoms with E-state index in [1.165, 1.54) is 0 Å². The molecule has 4 heteroatoms. The number of carbonyl (C=O) groups is 2. The highest BCUT2D eigenvalue weighted by Crippen LogP contribution is 2.19. The highest BCUT2D eigenvalue weighted by atomic mass is 79.9. The Labute approximate surface area is 128 Å². The van der Waals surface area contributed by atoms with Crippen molar-refractivity contribution in [2.24, 2.45) is 0 Å². The van der Waals surface area contributed by atoms with Gasteiger partial charge in [0.2, 0.25) is 0 Å². The molecule has 0 aliphatic carbocycles. The zero-order valence-electron chi connectivity index (χ0n) is 12.1. The Balaban J connectivity index is 2.26. The highest BCUT2D eigenvalue weighted by molar-refractivity contribution is 9.10. The van der Waals surface area contributed by atoms with Crippen LogP contribution >= 0.6 is 15.9 Å². The van der Waals surface area contributed by atoms with Crippen LogP contribution in [0, 0.1) is 6.92 Å². The molecule has 0 aromatic heterocycles. The van der Waals surface area contributed by atoms with E-state index >= 15 is 0 Å². The first kappa shape index (κ1) is 16.9. The number of halogens is 1. The van der Waals surface area contributed by atoms with Gasteiger partial charge in [-0.3, -0.25) is 9.59 Å². The van der Waals surface area contributed by atoms with E-state index in [4.69, 9.17) is 4.74 Å². The molecule has 110 valence electrons. The van der Waals surface area contributed by atoms with Crippen LogP contribution < -0.4 is 0 Å². The van der Waals surface area contributed by atoms with Crippen molar-refractivity contribution in [1.29, 1.82) is 0 Å². The van der Waals surface area contributed by atoms with Gasteiger partial charge in [0.25, 0.3) is 0 Å². The molecule has 0 spiro atoms. The Kier molecular flexibility index (Phi) is 7.52. The summed E-state index contributed by atoms with van der Waals surface area (Å²) in [5.74, 6) is 0.00289. The Bertz CT molecular complexity index is 469. The lowest BCUT2D eigenvalue weighted by Crippen LogP contribution is -2.03. The van der Waals surface area contributed by atoms with Crippen molar-refractivity contribution in [1.82, 2.24) is 0 Å². The SMILES string of the molecule is CCOC(=O)CCCCCC(=O)c1ccc(C)c(Br)c1. The van der Waals surface area contributed by atoms with Crippen LogP contribution in [0.25, 0.3) is 0 Å². The van der Waals surface area contributed by atoms with Crippen molar-refractivity contribution >= 4 is 27.7 Å². The lowest BCUT2D eigenvalue weighted by Gasteiger charge is -2.04. The Morgan fingerprint density at radius 3 is 2.50 bits per heavy atom. The summed E-state index contributed by atoms with van der Waals surface area (Å²) in [4.78, 5) is 23.1. The molecule has 0 fully saturated rings. The summed E-state index contributed by atoms with van der Waals surface area (Å²) < 4.78 is 5.82. The van der Waals surface area contributed by atoms with E-state index in [0.29, 0.717) is 19.4 Å². The fourth-order valence-electron chi connectivity index (χ4n) is 1.88. The molecule has 0 amide bonds. The number of ether oxygens (including phenoxy) is 1. The smallest absolute Gasteiger partial charge is 0.305 e. The number of Topliss-reactive ketones (excluding diaryl/α,β-unsaturated/α-hetero) is 1. The van der Waals surface area contributed by atoms with Gasteiger partial charge in [0.1, 0.15) is 0 Å². The van der Waals surface area contributed by atoms with Crippen LogP contribution in [0.1, 0.15) is 54.9 Å². The molecule has 0 aliphatic heterocycles. The van der Waals surface area contributed by atoms with Crippen molar-refractivity contribution in [3.8, 4) is 0 Å². The van der Waals surface area contributed by atoms with Gasteiger partial charge in [-0.05, 0) is 38.3 Å². The van der Waals surface area contributed by atoms with Gasteiger partial charge in [-0.15, -0.1) is 0 Å². The second-order valence-corrected chi connectivity index (χ2v) is 5.61. The summed E-state index contributed by atoms with van der Waals surface area (Å²) in [6.07, 6.45) is 3.43. The number of benzene rings is 1. The van der Waals surface area contributed by atoms with Crippen molar-refractivity contribution < 1.29 is 14.3 Å². The van der Waals surface area contributed by atoms with Gasteiger partial charge >= 0.3 is 5.97 Å². The Morgan fingerprint density at radius 2 is 1.85 bits per heavy atom. The highest BCUT2D eigenvalue weighted by Gasteiger charge is 2.07. The predicted octanol–water partition coefficient (Wildman–Crippen LogP) is 4.45. The summed E-state index contributed by atoms with van der Waals surface area (Å²) in [6, 6.07) is 5.68. The molecule has 20 heavy (non-hydrogen) atoms. The number of hydrogen-bond donors (Lipinski definition) is 0. The minimum absolute atomic E-state index is 0.152. The molecule has 0 saturated heterocycles. The molecule has 0 heterocycles. The van der Waals surface area contributed by atoms with E-state index in [2.05, 4.69) is 15.9 Å². The third-order valence-corrected chi connectivity index (χ3v) is 3.94. The summed E-state index contributed by atoms with van der Waals surface area (Å²) in [7, 11) is 0. The third-order valence-electron chi connectivity index (χ3n) is 3.08. The maximum Gasteiger partial charge on any atom is 0.305 e. The van der Waals surface area contributed by atoms with E-state index in [-0.39, 0.29) is 11.8 Å². The van der Waals surface area contributed by atoms with Crippen molar-refractivity contribution in [2.75, 3.05) is 6.61 Å². The number of esters is 1. The van der Waals surface area contributed by atoms with Gasteiger partial charge in [0, 0.05) is 22.9 Å². The summed E-state index contributed by atoms with van der Waals surface area (Å²) >= 11 is 3.43. The van der Waals surface area contributed by atoms with E-state index < -0.39 is 0 Å². The molecule has 0 N–H and O–H groups in total. The number of carbonyl (C=O) groups excluding carboxylic acids is 2. The third kappa shape index (κ3) is 5.87. The minimum atomic E-state index is -0.152. The second kappa shape index (κ2) is 8.90. The molecule has 0 aliphatic rings. The van der Waals surface area contributed by atoms with E-state index in [1.54, 1.807) is 6.92 Å². The van der Waals surface area contributed by atoms with Gasteiger partial charge in [0.05, 0.1) is 6.61 Å².